The largest absolute Gasteiger partial charge is 0.494 e. The monoisotopic (exact) mass is 249 g/mol. The summed E-state index contributed by atoms with van der Waals surface area (Å²) in [4.78, 5) is 0. The predicted octanol–water partition coefficient (Wildman–Crippen LogP) is 2.47. The molecule has 1 aliphatic rings. The maximum Gasteiger partial charge on any atom is 0.200 e. The molecular weight excluding hydrogens is 236 g/mol. The van der Waals surface area contributed by atoms with Crippen LogP contribution < -0.4 is 10.1 Å². The Morgan fingerprint density at radius 3 is 2.69 bits per heavy atom. The summed E-state index contributed by atoms with van der Waals surface area (Å²) in [5.41, 5.74) is 0.802. The van der Waals surface area contributed by atoms with Crippen molar-refractivity contribution in [1.29, 1.82) is 0 Å². The average Bonchev–Trinajstić information content (AvgIpc) is 2.75. The first-order valence-corrected chi connectivity index (χ1v) is 4.96. The van der Waals surface area contributed by atoms with Crippen LogP contribution in [0.15, 0.2) is 12.1 Å². The van der Waals surface area contributed by atoms with Crippen LogP contribution in [0, 0.1) is 11.6 Å². The fourth-order valence-electron chi connectivity index (χ4n) is 1.91. The maximum absolute atomic E-state index is 13.2. The highest BCUT2D eigenvalue weighted by molar-refractivity contribution is 5.85. The fraction of sp³-hybridized carbons (Fsp3) is 0.455. The van der Waals surface area contributed by atoms with Gasteiger partial charge in [-0.25, -0.2) is 4.39 Å². The minimum Gasteiger partial charge on any atom is -0.494 e. The van der Waals surface area contributed by atoms with Gasteiger partial charge in [-0.05, 0) is 36.6 Å². The molecule has 1 aliphatic heterocycles. The molecule has 1 atom stereocenters. The van der Waals surface area contributed by atoms with Gasteiger partial charge in [0, 0.05) is 6.54 Å². The van der Waals surface area contributed by atoms with Gasteiger partial charge in [0.1, 0.15) is 0 Å². The molecule has 0 aliphatic carbocycles. The van der Waals surface area contributed by atoms with E-state index in [1.807, 2.05) is 0 Å². The van der Waals surface area contributed by atoms with Crippen LogP contribution >= 0.6 is 12.4 Å². The smallest absolute Gasteiger partial charge is 0.200 e. The Morgan fingerprint density at radius 1 is 1.38 bits per heavy atom. The van der Waals surface area contributed by atoms with E-state index >= 15 is 0 Å². The second-order valence-electron chi connectivity index (χ2n) is 3.71. The van der Waals surface area contributed by atoms with Gasteiger partial charge in [0.05, 0.1) is 7.11 Å². The number of ether oxygens (including phenoxy) is 1. The minimum absolute atomic E-state index is 0. The first-order chi connectivity index (χ1) is 7.22. The first kappa shape index (κ1) is 13.2. The van der Waals surface area contributed by atoms with Crippen LogP contribution in [0.5, 0.6) is 5.75 Å². The highest BCUT2D eigenvalue weighted by Gasteiger charge is 2.20. The number of methoxy groups -OCH3 is 1. The van der Waals surface area contributed by atoms with Gasteiger partial charge in [0.2, 0.25) is 5.82 Å². The molecule has 0 spiro atoms. The summed E-state index contributed by atoms with van der Waals surface area (Å²) >= 11 is 0. The van der Waals surface area contributed by atoms with Gasteiger partial charge in [0.25, 0.3) is 0 Å². The molecule has 1 N–H and O–H groups in total. The summed E-state index contributed by atoms with van der Waals surface area (Å²) in [5, 5.41) is 3.19. The zero-order valence-corrected chi connectivity index (χ0v) is 9.74. The summed E-state index contributed by atoms with van der Waals surface area (Å²) in [7, 11) is 1.34. The van der Waals surface area contributed by atoms with Crippen molar-refractivity contribution < 1.29 is 13.5 Å². The second kappa shape index (κ2) is 5.46. The lowest BCUT2D eigenvalue weighted by Crippen LogP contribution is -2.08. The van der Waals surface area contributed by atoms with Crippen molar-refractivity contribution >= 4 is 12.4 Å². The molecule has 1 heterocycles. The van der Waals surface area contributed by atoms with Gasteiger partial charge >= 0.3 is 0 Å². The lowest BCUT2D eigenvalue weighted by atomic mass is 9.98. The van der Waals surface area contributed by atoms with Gasteiger partial charge in [-0.15, -0.1) is 12.4 Å². The van der Waals surface area contributed by atoms with Gasteiger partial charge in [-0.2, -0.15) is 4.39 Å². The topological polar surface area (TPSA) is 21.3 Å². The van der Waals surface area contributed by atoms with E-state index in [-0.39, 0.29) is 24.1 Å². The Labute approximate surface area is 99.4 Å². The van der Waals surface area contributed by atoms with Crippen molar-refractivity contribution in [3.63, 3.8) is 0 Å². The summed E-state index contributed by atoms with van der Waals surface area (Å²) < 4.78 is 31.1. The molecule has 2 nitrogen and oxygen atoms in total. The number of hydrogen-bond acceptors (Lipinski definition) is 2. The van der Waals surface area contributed by atoms with Crippen LogP contribution in [0.1, 0.15) is 17.9 Å². The second-order valence-corrected chi connectivity index (χ2v) is 3.71. The number of nitrogens with one attached hydrogen (secondary N) is 1. The Kier molecular flexibility index (Phi) is 4.50. The van der Waals surface area contributed by atoms with Crippen molar-refractivity contribution in [1.82, 2.24) is 5.32 Å². The van der Waals surface area contributed by atoms with Crippen molar-refractivity contribution in [2.45, 2.75) is 12.3 Å². The lowest BCUT2D eigenvalue weighted by molar-refractivity contribution is 0.370. The highest BCUT2D eigenvalue weighted by atomic mass is 35.5. The number of rotatable bonds is 2. The summed E-state index contributed by atoms with van der Waals surface area (Å²) in [6.45, 7) is 1.74. The van der Waals surface area contributed by atoms with E-state index in [2.05, 4.69) is 5.32 Å². The molecule has 1 unspecified atom stereocenters. The standard InChI is InChI=1S/C11H13F2NO.ClH/c1-15-10-5-8(4-9(12)11(10)13)7-2-3-14-6-7;/h4-5,7,14H,2-3,6H2,1H3;1H. The van der Waals surface area contributed by atoms with Crippen LogP contribution in [0.4, 0.5) is 8.78 Å². The zero-order valence-electron chi connectivity index (χ0n) is 8.93. The third kappa shape index (κ3) is 2.44. The van der Waals surface area contributed by atoms with E-state index in [1.165, 1.54) is 13.2 Å². The van der Waals surface area contributed by atoms with Crippen molar-refractivity contribution in [2.75, 3.05) is 20.2 Å². The molecule has 90 valence electrons. The zero-order chi connectivity index (χ0) is 10.8. The Morgan fingerprint density at radius 2 is 2.12 bits per heavy atom. The SMILES string of the molecule is COc1cc(C2CCNC2)cc(F)c1F.Cl. The lowest BCUT2D eigenvalue weighted by Gasteiger charge is -2.11. The molecule has 1 fully saturated rings. The molecule has 16 heavy (non-hydrogen) atoms. The third-order valence-electron chi connectivity index (χ3n) is 2.77. The van der Waals surface area contributed by atoms with E-state index in [0.717, 1.165) is 25.1 Å². The minimum atomic E-state index is -0.910. The Balaban J connectivity index is 0.00000128. The molecule has 1 saturated heterocycles. The Hall–Kier alpha value is -0.870. The average molecular weight is 250 g/mol. The first-order valence-electron chi connectivity index (χ1n) is 4.96. The van der Waals surface area contributed by atoms with Crippen molar-refractivity contribution in [2.24, 2.45) is 0 Å². The normalized spacial score (nSPS) is 19.3. The van der Waals surface area contributed by atoms with Gasteiger partial charge in [-0.1, -0.05) is 0 Å². The molecule has 0 amide bonds. The number of benzene rings is 1. The third-order valence-corrected chi connectivity index (χ3v) is 2.77. The number of hydrogen-bond donors (Lipinski definition) is 1. The molecular formula is C11H14ClF2NO. The summed E-state index contributed by atoms with van der Waals surface area (Å²) in [6.07, 6.45) is 0.953. The van der Waals surface area contributed by atoms with Gasteiger partial charge in [-0.3, -0.25) is 0 Å². The van der Waals surface area contributed by atoms with E-state index in [9.17, 15) is 8.78 Å². The van der Waals surface area contributed by atoms with E-state index < -0.39 is 11.6 Å². The molecule has 2 rings (SSSR count). The van der Waals surface area contributed by atoms with E-state index in [0.29, 0.717) is 0 Å². The van der Waals surface area contributed by atoms with Crippen LogP contribution in [0.3, 0.4) is 0 Å². The van der Waals surface area contributed by atoms with Gasteiger partial charge < -0.3 is 10.1 Å². The predicted molar refractivity (Wildman–Crippen MR) is 60.4 cm³/mol. The maximum atomic E-state index is 13.2. The number of halogens is 3. The highest BCUT2D eigenvalue weighted by Crippen LogP contribution is 2.29. The van der Waals surface area contributed by atoms with E-state index in [4.69, 9.17) is 4.74 Å². The molecule has 5 heteroatoms. The van der Waals surface area contributed by atoms with Crippen molar-refractivity contribution in [3.8, 4) is 5.75 Å². The molecule has 0 bridgehead atoms. The molecule has 0 aromatic heterocycles. The van der Waals surface area contributed by atoms with Crippen LogP contribution in [0.2, 0.25) is 0 Å². The van der Waals surface area contributed by atoms with Crippen LogP contribution in [0.25, 0.3) is 0 Å². The quantitative estimate of drug-likeness (QED) is 0.870. The van der Waals surface area contributed by atoms with Crippen molar-refractivity contribution in [3.05, 3.63) is 29.3 Å². The van der Waals surface area contributed by atoms with Crippen LogP contribution in [-0.4, -0.2) is 20.2 Å². The summed E-state index contributed by atoms with van der Waals surface area (Å²) in [6, 6.07) is 2.84. The summed E-state index contributed by atoms with van der Waals surface area (Å²) in [5.74, 6) is -1.51. The van der Waals surface area contributed by atoms with E-state index in [1.54, 1.807) is 6.07 Å². The molecule has 0 radical (unpaired) electrons. The molecule has 0 saturated carbocycles. The molecule has 1 aromatic carbocycles. The molecule has 1 aromatic rings. The van der Waals surface area contributed by atoms with Gasteiger partial charge in [0.15, 0.2) is 11.6 Å². The van der Waals surface area contributed by atoms with Crippen LogP contribution in [-0.2, 0) is 0 Å². The Bertz CT molecular complexity index is 367. The fourth-order valence-corrected chi connectivity index (χ4v) is 1.91.